The van der Waals surface area contributed by atoms with Crippen molar-refractivity contribution in [3.05, 3.63) is 36.4 Å². The van der Waals surface area contributed by atoms with Crippen molar-refractivity contribution in [2.45, 2.75) is 4.90 Å². The first-order valence-electron chi connectivity index (χ1n) is 5.33. The fourth-order valence-corrected chi connectivity index (χ4v) is 2.60. The van der Waals surface area contributed by atoms with Gasteiger partial charge in [0.15, 0.2) is 0 Å². The summed E-state index contributed by atoms with van der Waals surface area (Å²) in [6, 6.07) is 9.62. The van der Waals surface area contributed by atoms with Crippen LogP contribution in [0.2, 0.25) is 0 Å². The highest BCUT2D eigenvalue weighted by atomic mass is 35.5. The van der Waals surface area contributed by atoms with Crippen LogP contribution in [0.4, 0.5) is 5.69 Å². The lowest BCUT2D eigenvalue weighted by molar-refractivity contribution is -0.113. The number of benzene rings is 2. The van der Waals surface area contributed by atoms with Crippen LogP contribution in [0.3, 0.4) is 0 Å². The Bertz CT molecular complexity index is 744. The molecule has 0 saturated carbocycles. The van der Waals surface area contributed by atoms with Gasteiger partial charge in [-0.25, -0.2) is 13.6 Å². The lowest BCUT2D eigenvalue weighted by atomic mass is 10.1. The van der Waals surface area contributed by atoms with Crippen LogP contribution in [-0.2, 0) is 14.8 Å². The number of amides is 1. The second-order valence-corrected chi connectivity index (χ2v) is 5.72. The minimum atomic E-state index is -3.78. The standard InChI is InChI=1S/C12H11ClN2O3S/c13-7-12(16)15-9-4-5-10-8(6-9)2-1-3-11(10)19(14,17)18/h1-6H,7H2,(H,15,16)(H2,14,17,18). The molecule has 0 aromatic heterocycles. The summed E-state index contributed by atoms with van der Waals surface area (Å²) in [5.41, 5.74) is 0.546. The zero-order valence-corrected chi connectivity index (χ0v) is 11.3. The maximum Gasteiger partial charge on any atom is 0.239 e. The number of nitrogens with one attached hydrogen (secondary N) is 1. The Morgan fingerprint density at radius 2 is 2.00 bits per heavy atom. The van der Waals surface area contributed by atoms with Crippen molar-refractivity contribution in [2.24, 2.45) is 5.14 Å². The molecular weight excluding hydrogens is 288 g/mol. The molecule has 2 rings (SSSR count). The largest absolute Gasteiger partial charge is 0.325 e. The predicted octanol–water partition coefficient (Wildman–Crippen LogP) is 1.66. The number of hydrogen-bond donors (Lipinski definition) is 2. The number of nitrogens with two attached hydrogens (primary N) is 1. The van der Waals surface area contributed by atoms with E-state index in [4.69, 9.17) is 16.7 Å². The summed E-state index contributed by atoms with van der Waals surface area (Å²) in [4.78, 5) is 11.2. The fraction of sp³-hybridized carbons (Fsp3) is 0.0833. The van der Waals surface area contributed by atoms with Crippen LogP contribution in [0.15, 0.2) is 41.3 Å². The van der Waals surface area contributed by atoms with Gasteiger partial charge in [0, 0.05) is 11.1 Å². The van der Waals surface area contributed by atoms with Crippen LogP contribution >= 0.6 is 11.6 Å². The third kappa shape index (κ3) is 3.04. The van der Waals surface area contributed by atoms with Gasteiger partial charge in [0.2, 0.25) is 15.9 Å². The Kier molecular flexibility index (Phi) is 3.75. The van der Waals surface area contributed by atoms with Crippen molar-refractivity contribution < 1.29 is 13.2 Å². The number of rotatable bonds is 3. The molecule has 0 aliphatic heterocycles. The smallest absolute Gasteiger partial charge is 0.239 e. The van der Waals surface area contributed by atoms with E-state index in [0.29, 0.717) is 16.5 Å². The van der Waals surface area contributed by atoms with Gasteiger partial charge in [-0.15, -0.1) is 11.6 Å². The highest BCUT2D eigenvalue weighted by Crippen LogP contribution is 2.25. The van der Waals surface area contributed by atoms with Crippen molar-refractivity contribution in [1.82, 2.24) is 0 Å². The highest BCUT2D eigenvalue weighted by molar-refractivity contribution is 7.89. The minimum absolute atomic E-state index is 0.0558. The molecule has 0 atom stereocenters. The molecule has 2 aromatic carbocycles. The number of primary sulfonamides is 1. The monoisotopic (exact) mass is 298 g/mol. The summed E-state index contributed by atoms with van der Waals surface area (Å²) >= 11 is 5.40. The first-order chi connectivity index (χ1) is 8.91. The number of carbonyl (C=O) groups is 1. The lowest BCUT2D eigenvalue weighted by Gasteiger charge is -2.07. The maximum atomic E-state index is 11.4. The van der Waals surface area contributed by atoms with Gasteiger partial charge in [-0.2, -0.15) is 0 Å². The number of anilines is 1. The predicted molar refractivity (Wildman–Crippen MR) is 74.7 cm³/mol. The molecule has 0 heterocycles. The zero-order valence-electron chi connectivity index (χ0n) is 9.76. The van der Waals surface area contributed by atoms with Crippen molar-refractivity contribution in [3.63, 3.8) is 0 Å². The molecule has 3 N–H and O–H groups in total. The van der Waals surface area contributed by atoms with Crippen LogP contribution in [0.1, 0.15) is 0 Å². The number of hydrogen-bond acceptors (Lipinski definition) is 3. The van der Waals surface area contributed by atoms with Crippen molar-refractivity contribution in [3.8, 4) is 0 Å². The molecule has 0 saturated heterocycles. The summed E-state index contributed by atoms with van der Waals surface area (Å²) in [7, 11) is -3.78. The molecule has 0 spiro atoms. The van der Waals surface area contributed by atoms with Gasteiger partial charge in [0.1, 0.15) is 5.88 Å². The number of alkyl halides is 1. The van der Waals surface area contributed by atoms with Gasteiger partial charge in [-0.1, -0.05) is 18.2 Å². The summed E-state index contributed by atoms with van der Waals surface area (Å²) in [5.74, 6) is -0.474. The topological polar surface area (TPSA) is 89.3 Å². The van der Waals surface area contributed by atoms with E-state index in [9.17, 15) is 13.2 Å². The van der Waals surface area contributed by atoms with E-state index in [-0.39, 0.29) is 16.7 Å². The molecule has 19 heavy (non-hydrogen) atoms. The summed E-state index contributed by atoms with van der Waals surface area (Å²) in [5, 5.41) is 8.91. The molecule has 1 amide bonds. The Hall–Kier alpha value is -1.63. The van der Waals surface area contributed by atoms with Gasteiger partial charge in [-0.3, -0.25) is 4.79 Å². The van der Waals surface area contributed by atoms with E-state index in [0.717, 1.165) is 0 Å². The van der Waals surface area contributed by atoms with Gasteiger partial charge < -0.3 is 5.32 Å². The van der Waals surface area contributed by atoms with Crippen LogP contribution < -0.4 is 10.5 Å². The van der Waals surface area contributed by atoms with Crippen molar-refractivity contribution >= 4 is 44.0 Å². The first-order valence-corrected chi connectivity index (χ1v) is 7.41. The van der Waals surface area contributed by atoms with E-state index in [1.54, 1.807) is 30.3 Å². The number of halogens is 1. The number of carbonyl (C=O) groups excluding carboxylic acids is 1. The molecular formula is C12H11ClN2O3S. The second-order valence-electron chi connectivity index (χ2n) is 3.92. The first kappa shape index (κ1) is 13.8. The van der Waals surface area contributed by atoms with Gasteiger partial charge in [-0.05, 0) is 23.6 Å². The van der Waals surface area contributed by atoms with E-state index < -0.39 is 10.0 Å². The number of sulfonamides is 1. The van der Waals surface area contributed by atoms with Crippen LogP contribution in [0.25, 0.3) is 10.8 Å². The third-order valence-corrected chi connectivity index (χ3v) is 3.76. The lowest BCUT2D eigenvalue weighted by Crippen LogP contribution is -2.13. The number of fused-ring (bicyclic) bond motifs is 1. The Morgan fingerprint density at radius 1 is 1.26 bits per heavy atom. The van der Waals surface area contributed by atoms with Crippen molar-refractivity contribution in [2.75, 3.05) is 11.2 Å². The fourth-order valence-electron chi connectivity index (χ4n) is 1.77. The van der Waals surface area contributed by atoms with Gasteiger partial charge in [0.25, 0.3) is 0 Å². The van der Waals surface area contributed by atoms with Crippen LogP contribution in [0, 0.1) is 0 Å². The molecule has 2 aromatic rings. The highest BCUT2D eigenvalue weighted by Gasteiger charge is 2.12. The summed E-state index contributed by atoms with van der Waals surface area (Å²) < 4.78 is 22.9. The molecule has 0 aliphatic carbocycles. The van der Waals surface area contributed by atoms with Crippen molar-refractivity contribution in [1.29, 1.82) is 0 Å². The summed E-state index contributed by atoms with van der Waals surface area (Å²) in [6.45, 7) is 0. The van der Waals surface area contributed by atoms with Crippen LogP contribution in [-0.4, -0.2) is 20.2 Å². The maximum absolute atomic E-state index is 11.4. The second kappa shape index (κ2) is 5.16. The zero-order chi connectivity index (χ0) is 14.0. The molecule has 0 unspecified atom stereocenters. The Morgan fingerprint density at radius 3 is 2.63 bits per heavy atom. The Labute approximate surface area is 115 Å². The average Bonchev–Trinajstić information content (AvgIpc) is 2.36. The molecule has 100 valence electrons. The van der Waals surface area contributed by atoms with E-state index in [1.807, 2.05) is 0 Å². The summed E-state index contributed by atoms with van der Waals surface area (Å²) in [6.07, 6.45) is 0. The average molecular weight is 299 g/mol. The molecule has 0 bridgehead atoms. The van der Waals surface area contributed by atoms with Gasteiger partial charge >= 0.3 is 0 Å². The molecule has 7 heteroatoms. The van der Waals surface area contributed by atoms with E-state index >= 15 is 0 Å². The van der Waals surface area contributed by atoms with E-state index in [2.05, 4.69) is 5.32 Å². The molecule has 0 aliphatic rings. The molecule has 0 radical (unpaired) electrons. The molecule has 0 fully saturated rings. The minimum Gasteiger partial charge on any atom is -0.325 e. The Balaban J connectivity index is 2.55. The third-order valence-electron chi connectivity index (χ3n) is 2.55. The quantitative estimate of drug-likeness (QED) is 0.845. The van der Waals surface area contributed by atoms with Crippen LogP contribution in [0.5, 0.6) is 0 Å². The van der Waals surface area contributed by atoms with E-state index in [1.165, 1.54) is 6.07 Å². The normalized spacial score (nSPS) is 11.5. The van der Waals surface area contributed by atoms with Gasteiger partial charge in [0.05, 0.1) is 4.90 Å². The SMILES string of the molecule is NS(=O)(=O)c1cccc2cc(NC(=O)CCl)ccc12. The molecule has 5 nitrogen and oxygen atoms in total.